The summed E-state index contributed by atoms with van der Waals surface area (Å²) < 4.78 is 10.9. The van der Waals surface area contributed by atoms with Crippen LogP contribution in [0.5, 0.6) is 11.5 Å². The van der Waals surface area contributed by atoms with Crippen LogP contribution in [0.15, 0.2) is 48.5 Å². The van der Waals surface area contributed by atoms with E-state index in [0.717, 1.165) is 69.1 Å². The quantitative estimate of drug-likeness (QED) is 0.672. The first-order valence-corrected chi connectivity index (χ1v) is 10.1. The first-order chi connectivity index (χ1) is 13.7. The molecule has 0 aliphatic carbocycles. The molecular weight excluding hydrogens is 352 g/mol. The topological polar surface area (TPSA) is 42.0 Å². The summed E-state index contributed by atoms with van der Waals surface area (Å²) in [6, 6.07) is 15.6. The van der Waals surface area contributed by atoms with Gasteiger partial charge in [0.25, 0.3) is 5.91 Å². The van der Waals surface area contributed by atoms with E-state index in [1.54, 1.807) is 7.11 Å². The van der Waals surface area contributed by atoms with Crippen molar-refractivity contribution in [2.75, 3.05) is 44.8 Å². The Morgan fingerprint density at radius 3 is 2.32 bits per heavy atom. The van der Waals surface area contributed by atoms with Crippen molar-refractivity contribution < 1.29 is 14.3 Å². The van der Waals surface area contributed by atoms with Crippen LogP contribution in [0.2, 0.25) is 0 Å². The van der Waals surface area contributed by atoms with E-state index in [-0.39, 0.29) is 5.91 Å². The zero-order chi connectivity index (χ0) is 19.8. The van der Waals surface area contributed by atoms with Gasteiger partial charge in [-0.3, -0.25) is 4.79 Å². The average Bonchev–Trinajstić information content (AvgIpc) is 3.00. The van der Waals surface area contributed by atoms with Crippen molar-refractivity contribution in [2.24, 2.45) is 0 Å². The van der Waals surface area contributed by atoms with E-state index < -0.39 is 0 Å². The Kier molecular flexibility index (Phi) is 7.18. The molecule has 5 heteroatoms. The van der Waals surface area contributed by atoms with Crippen LogP contribution < -0.4 is 14.4 Å². The van der Waals surface area contributed by atoms with E-state index >= 15 is 0 Å². The molecule has 28 heavy (non-hydrogen) atoms. The Balaban J connectivity index is 1.57. The van der Waals surface area contributed by atoms with Gasteiger partial charge in [-0.2, -0.15) is 0 Å². The zero-order valence-electron chi connectivity index (χ0n) is 16.9. The van der Waals surface area contributed by atoms with Crippen LogP contribution in [0.1, 0.15) is 36.5 Å². The summed E-state index contributed by atoms with van der Waals surface area (Å²) in [4.78, 5) is 17.2. The van der Waals surface area contributed by atoms with Gasteiger partial charge in [0.15, 0.2) is 0 Å². The molecule has 0 radical (unpaired) electrons. The minimum Gasteiger partial charge on any atom is -0.497 e. The summed E-state index contributed by atoms with van der Waals surface area (Å²) in [6.07, 6.45) is 3.11. The predicted octanol–water partition coefficient (Wildman–Crippen LogP) is 4.23. The molecule has 1 saturated heterocycles. The molecule has 0 atom stereocenters. The Morgan fingerprint density at radius 1 is 0.929 bits per heavy atom. The molecule has 0 saturated carbocycles. The molecule has 1 fully saturated rings. The second-order valence-corrected chi connectivity index (χ2v) is 7.06. The highest BCUT2D eigenvalue weighted by Crippen LogP contribution is 2.21. The van der Waals surface area contributed by atoms with Gasteiger partial charge in [0, 0.05) is 37.4 Å². The van der Waals surface area contributed by atoms with Crippen molar-refractivity contribution in [3.63, 3.8) is 0 Å². The monoisotopic (exact) mass is 382 g/mol. The van der Waals surface area contributed by atoms with Crippen LogP contribution in [0.4, 0.5) is 5.69 Å². The van der Waals surface area contributed by atoms with E-state index in [1.165, 1.54) is 5.69 Å². The molecule has 150 valence electrons. The summed E-state index contributed by atoms with van der Waals surface area (Å²) in [5.41, 5.74) is 1.89. The summed E-state index contributed by atoms with van der Waals surface area (Å²) in [7, 11) is 1.67. The molecule has 0 N–H and O–H groups in total. The molecule has 2 aromatic carbocycles. The van der Waals surface area contributed by atoms with Crippen molar-refractivity contribution in [1.82, 2.24) is 4.90 Å². The van der Waals surface area contributed by atoms with Crippen LogP contribution >= 0.6 is 0 Å². The van der Waals surface area contributed by atoms with Crippen LogP contribution in [-0.2, 0) is 0 Å². The van der Waals surface area contributed by atoms with Crippen LogP contribution in [0, 0.1) is 0 Å². The van der Waals surface area contributed by atoms with Crippen molar-refractivity contribution in [3.05, 3.63) is 54.1 Å². The summed E-state index contributed by atoms with van der Waals surface area (Å²) in [5.74, 6) is 1.78. The summed E-state index contributed by atoms with van der Waals surface area (Å²) in [6.45, 7) is 6.13. The molecule has 0 spiro atoms. The highest BCUT2D eigenvalue weighted by molar-refractivity contribution is 5.94. The molecule has 0 aromatic heterocycles. The largest absolute Gasteiger partial charge is 0.497 e. The second kappa shape index (κ2) is 10.0. The lowest BCUT2D eigenvalue weighted by atomic mass is 10.2. The first kappa shape index (κ1) is 20.1. The lowest BCUT2D eigenvalue weighted by Gasteiger charge is -2.24. The fourth-order valence-corrected chi connectivity index (χ4v) is 3.38. The number of nitrogens with zero attached hydrogens (tertiary/aromatic N) is 2. The number of hydrogen-bond donors (Lipinski definition) is 0. The smallest absolute Gasteiger partial charge is 0.253 e. The van der Waals surface area contributed by atoms with E-state index in [2.05, 4.69) is 24.0 Å². The van der Waals surface area contributed by atoms with Crippen molar-refractivity contribution in [1.29, 1.82) is 0 Å². The molecule has 0 unspecified atom stereocenters. The number of unbranched alkanes of at least 4 members (excludes halogenated alkanes) is 1. The standard InChI is InChI=1S/C23H30N2O3/c1-3-4-18-28-22-10-6-19(7-11-22)23(26)25-15-5-14-24(16-17-25)20-8-12-21(27-2)13-9-20/h6-13H,3-5,14-18H2,1-2H3. The fraction of sp³-hybridized carbons (Fsp3) is 0.435. The number of benzene rings is 2. The third-order valence-electron chi connectivity index (χ3n) is 5.09. The number of carbonyl (C=O) groups excluding carboxylic acids is 1. The molecule has 5 nitrogen and oxygen atoms in total. The minimum absolute atomic E-state index is 0.0942. The number of methoxy groups -OCH3 is 1. The van der Waals surface area contributed by atoms with Crippen molar-refractivity contribution in [3.8, 4) is 11.5 Å². The SMILES string of the molecule is CCCCOc1ccc(C(=O)N2CCCN(c3ccc(OC)cc3)CC2)cc1. The number of amides is 1. The van der Waals surface area contributed by atoms with Crippen LogP contribution in [0.3, 0.4) is 0 Å². The van der Waals surface area contributed by atoms with Gasteiger partial charge in [-0.05, 0) is 61.4 Å². The molecule has 1 aliphatic heterocycles. The maximum absolute atomic E-state index is 12.9. The molecular formula is C23H30N2O3. The number of carbonyl (C=O) groups is 1. The van der Waals surface area contributed by atoms with Crippen LogP contribution in [-0.4, -0.2) is 50.7 Å². The van der Waals surface area contributed by atoms with E-state index in [4.69, 9.17) is 9.47 Å². The minimum atomic E-state index is 0.0942. The van der Waals surface area contributed by atoms with Gasteiger partial charge in [-0.15, -0.1) is 0 Å². The predicted molar refractivity (Wildman–Crippen MR) is 113 cm³/mol. The maximum atomic E-state index is 12.9. The van der Waals surface area contributed by atoms with E-state index in [0.29, 0.717) is 0 Å². The van der Waals surface area contributed by atoms with Gasteiger partial charge < -0.3 is 19.3 Å². The van der Waals surface area contributed by atoms with Gasteiger partial charge in [-0.25, -0.2) is 0 Å². The number of ether oxygens (including phenoxy) is 2. The molecule has 1 aliphatic rings. The highest BCUT2D eigenvalue weighted by Gasteiger charge is 2.20. The molecule has 0 bridgehead atoms. The van der Waals surface area contributed by atoms with E-state index in [9.17, 15) is 4.79 Å². The van der Waals surface area contributed by atoms with Gasteiger partial charge in [0.1, 0.15) is 11.5 Å². The lowest BCUT2D eigenvalue weighted by molar-refractivity contribution is 0.0767. The van der Waals surface area contributed by atoms with Crippen molar-refractivity contribution >= 4 is 11.6 Å². The van der Waals surface area contributed by atoms with Gasteiger partial charge in [0.2, 0.25) is 0 Å². The third kappa shape index (κ3) is 5.18. The van der Waals surface area contributed by atoms with Crippen LogP contribution in [0.25, 0.3) is 0 Å². The molecule has 3 rings (SSSR count). The maximum Gasteiger partial charge on any atom is 0.253 e. The fourth-order valence-electron chi connectivity index (χ4n) is 3.38. The highest BCUT2D eigenvalue weighted by atomic mass is 16.5. The zero-order valence-corrected chi connectivity index (χ0v) is 16.9. The summed E-state index contributed by atoms with van der Waals surface area (Å²) >= 11 is 0. The normalized spacial score (nSPS) is 14.5. The van der Waals surface area contributed by atoms with Gasteiger partial charge >= 0.3 is 0 Å². The average molecular weight is 383 g/mol. The Bertz CT molecular complexity index is 743. The second-order valence-electron chi connectivity index (χ2n) is 7.06. The van der Waals surface area contributed by atoms with Gasteiger partial charge in [0.05, 0.1) is 13.7 Å². The number of anilines is 1. The Labute approximate surface area is 167 Å². The lowest BCUT2D eigenvalue weighted by Crippen LogP contribution is -2.35. The Morgan fingerprint density at radius 2 is 1.64 bits per heavy atom. The van der Waals surface area contributed by atoms with E-state index in [1.807, 2.05) is 41.3 Å². The first-order valence-electron chi connectivity index (χ1n) is 10.1. The van der Waals surface area contributed by atoms with Crippen molar-refractivity contribution in [2.45, 2.75) is 26.2 Å². The summed E-state index contributed by atoms with van der Waals surface area (Å²) in [5, 5.41) is 0. The molecule has 1 amide bonds. The Hall–Kier alpha value is -2.69. The number of rotatable bonds is 7. The molecule has 1 heterocycles. The third-order valence-corrected chi connectivity index (χ3v) is 5.09. The van der Waals surface area contributed by atoms with Gasteiger partial charge in [-0.1, -0.05) is 13.3 Å². The number of hydrogen-bond acceptors (Lipinski definition) is 4. The molecule has 2 aromatic rings.